The van der Waals surface area contributed by atoms with Crippen molar-refractivity contribution in [3.63, 3.8) is 0 Å². The Morgan fingerprint density at radius 3 is 2.70 bits per heavy atom. The van der Waals surface area contributed by atoms with Crippen molar-refractivity contribution in [2.45, 2.75) is 33.2 Å². The van der Waals surface area contributed by atoms with Crippen molar-refractivity contribution in [1.82, 2.24) is 5.32 Å². The summed E-state index contributed by atoms with van der Waals surface area (Å²) in [6.07, 6.45) is 3.59. The van der Waals surface area contributed by atoms with Crippen LogP contribution in [-0.2, 0) is 0 Å². The Bertz CT molecular complexity index is 136. The van der Waals surface area contributed by atoms with E-state index in [0.717, 1.165) is 12.5 Å². The number of hydrogen-bond acceptors (Lipinski definition) is 1. The molecule has 1 heteroatoms. The van der Waals surface area contributed by atoms with Gasteiger partial charge in [-0.2, -0.15) is 0 Å². The number of rotatable bonds is 1. The third kappa shape index (κ3) is 1.84. The van der Waals surface area contributed by atoms with Gasteiger partial charge in [-0.3, -0.25) is 0 Å². The van der Waals surface area contributed by atoms with E-state index in [4.69, 9.17) is 0 Å². The van der Waals surface area contributed by atoms with Crippen molar-refractivity contribution in [1.29, 1.82) is 0 Å². The van der Waals surface area contributed by atoms with Gasteiger partial charge in [0.05, 0.1) is 0 Å². The van der Waals surface area contributed by atoms with Crippen LogP contribution in [0.5, 0.6) is 0 Å². The Hall–Kier alpha value is -0.300. The van der Waals surface area contributed by atoms with E-state index in [9.17, 15) is 0 Å². The van der Waals surface area contributed by atoms with Gasteiger partial charge >= 0.3 is 0 Å². The van der Waals surface area contributed by atoms with Gasteiger partial charge in [-0.1, -0.05) is 25.5 Å². The van der Waals surface area contributed by atoms with Gasteiger partial charge in [0.1, 0.15) is 0 Å². The fourth-order valence-corrected chi connectivity index (χ4v) is 1.39. The molecule has 10 heavy (non-hydrogen) atoms. The number of hydrogen-bond donors (Lipinski definition) is 1. The Morgan fingerprint density at radius 1 is 1.60 bits per heavy atom. The molecule has 1 heterocycles. The van der Waals surface area contributed by atoms with Gasteiger partial charge in [0.15, 0.2) is 0 Å². The minimum atomic E-state index is 0.589. The van der Waals surface area contributed by atoms with Gasteiger partial charge in [0, 0.05) is 6.04 Å². The van der Waals surface area contributed by atoms with Gasteiger partial charge < -0.3 is 5.32 Å². The molecule has 1 unspecified atom stereocenters. The summed E-state index contributed by atoms with van der Waals surface area (Å²) in [5, 5.41) is 3.39. The van der Waals surface area contributed by atoms with Crippen LogP contribution in [0.25, 0.3) is 0 Å². The Kier molecular flexibility index (Phi) is 2.50. The summed E-state index contributed by atoms with van der Waals surface area (Å²) in [6, 6.07) is 0.589. The molecule has 0 radical (unpaired) electrons. The van der Waals surface area contributed by atoms with Crippen molar-refractivity contribution >= 4 is 0 Å². The van der Waals surface area contributed by atoms with Gasteiger partial charge in [-0.15, -0.1) is 0 Å². The molecule has 0 aromatic rings. The molecule has 1 N–H and O–H groups in total. The molecular formula is C9H17N. The average Bonchev–Trinajstić information content (AvgIpc) is 1.88. The Labute approximate surface area is 63.5 Å². The lowest BCUT2D eigenvalue weighted by Gasteiger charge is -2.21. The summed E-state index contributed by atoms with van der Waals surface area (Å²) in [4.78, 5) is 0. The summed E-state index contributed by atoms with van der Waals surface area (Å²) in [7, 11) is 0. The van der Waals surface area contributed by atoms with Gasteiger partial charge in [-0.05, 0) is 25.8 Å². The maximum atomic E-state index is 3.39. The minimum Gasteiger partial charge on any atom is -0.310 e. The van der Waals surface area contributed by atoms with E-state index in [1.54, 1.807) is 5.57 Å². The van der Waals surface area contributed by atoms with E-state index in [0.29, 0.717) is 6.04 Å². The van der Waals surface area contributed by atoms with E-state index >= 15 is 0 Å². The highest BCUT2D eigenvalue weighted by atomic mass is 14.9. The first-order valence-corrected chi connectivity index (χ1v) is 4.14. The van der Waals surface area contributed by atoms with E-state index in [1.165, 1.54) is 6.42 Å². The second-order valence-electron chi connectivity index (χ2n) is 3.39. The van der Waals surface area contributed by atoms with Crippen molar-refractivity contribution in [3.05, 3.63) is 11.6 Å². The first-order chi connectivity index (χ1) is 4.70. The van der Waals surface area contributed by atoms with E-state index in [1.807, 2.05) is 0 Å². The standard InChI is InChI=1S/C9H17N/c1-7(2)9-4-5-10-8(3)6-9/h6-8,10H,4-5H2,1-3H3. The second kappa shape index (κ2) is 3.20. The predicted molar refractivity (Wildman–Crippen MR) is 45.0 cm³/mol. The summed E-state index contributed by atoms with van der Waals surface area (Å²) in [6.45, 7) is 7.90. The van der Waals surface area contributed by atoms with Crippen LogP contribution in [0.4, 0.5) is 0 Å². The van der Waals surface area contributed by atoms with Crippen LogP contribution in [0.15, 0.2) is 11.6 Å². The lowest BCUT2D eigenvalue weighted by Crippen LogP contribution is -2.30. The molecule has 0 aromatic carbocycles. The first-order valence-electron chi connectivity index (χ1n) is 4.14. The van der Waals surface area contributed by atoms with E-state index in [2.05, 4.69) is 32.2 Å². The molecular weight excluding hydrogens is 122 g/mol. The van der Waals surface area contributed by atoms with Crippen LogP contribution >= 0.6 is 0 Å². The van der Waals surface area contributed by atoms with Gasteiger partial charge in [0.25, 0.3) is 0 Å². The largest absolute Gasteiger partial charge is 0.310 e. The SMILES string of the molecule is CC1C=C(C(C)C)CCN1. The third-order valence-corrected chi connectivity index (χ3v) is 2.09. The van der Waals surface area contributed by atoms with Crippen molar-refractivity contribution in [2.75, 3.05) is 6.54 Å². The summed E-state index contributed by atoms with van der Waals surface area (Å²) in [5.41, 5.74) is 1.62. The van der Waals surface area contributed by atoms with Gasteiger partial charge in [-0.25, -0.2) is 0 Å². The maximum Gasteiger partial charge on any atom is 0.0224 e. The van der Waals surface area contributed by atoms with E-state index in [-0.39, 0.29) is 0 Å². The molecule has 1 aliphatic heterocycles. The van der Waals surface area contributed by atoms with Crippen LogP contribution in [0, 0.1) is 5.92 Å². The smallest absolute Gasteiger partial charge is 0.0224 e. The maximum absolute atomic E-state index is 3.39. The van der Waals surface area contributed by atoms with Crippen molar-refractivity contribution in [2.24, 2.45) is 5.92 Å². The highest BCUT2D eigenvalue weighted by Crippen LogP contribution is 2.16. The fourth-order valence-electron chi connectivity index (χ4n) is 1.39. The topological polar surface area (TPSA) is 12.0 Å². The highest BCUT2D eigenvalue weighted by molar-refractivity contribution is 5.11. The van der Waals surface area contributed by atoms with Crippen LogP contribution in [-0.4, -0.2) is 12.6 Å². The quantitative estimate of drug-likeness (QED) is 0.547. The Morgan fingerprint density at radius 2 is 2.30 bits per heavy atom. The molecule has 0 bridgehead atoms. The molecule has 0 spiro atoms. The summed E-state index contributed by atoms with van der Waals surface area (Å²) >= 11 is 0. The molecule has 0 aromatic heterocycles. The lowest BCUT2D eigenvalue weighted by molar-refractivity contribution is 0.558. The lowest BCUT2D eigenvalue weighted by atomic mass is 9.95. The average molecular weight is 139 g/mol. The predicted octanol–water partition coefficient (Wildman–Crippen LogP) is 1.95. The van der Waals surface area contributed by atoms with Crippen LogP contribution < -0.4 is 5.32 Å². The molecule has 58 valence electrons. The zero-order valence-corrected chi connectivity index (χ0v) is 7.15. The molecule has 0 amide bonds. The molecule has 1 atom stereocenters. The third-order valence-electron chi connectivity index (χ3n) is 2.09. The molecule has 0 aliphatic carbocycles. The zero-order chi connectivity index (χ0) is 7.56. The molecule has 0 saturated carbocycles. The molecule has 1 aliphatic rings. The monoisotopic (exact) mass is 139 g/mol. The molecule has 0 saturated heterocycles. The Balaban J connectivity index is 2.57. The molecule has 1 rings (SSSR count). The van der Waals surface area contributed by atoms with Crippen molar-refractivity contribution < 1.29 is 0 Å². The number of nitrogens with one attached hydrogen (secondary N) is 1. The van der Waals surface area contributed by atoms with E-state index < -0.39 is 0 Å². The molecule has 1 nitrogen and oxygen atoms in total. The van der Waals surface area contributed by atoms with Gasteiger partial charge in [0.2, 0.25) is 0 Å². The normalized spacial score (nSPS) is 26.8. The summed E-state index contributed by atoms with van der Waals surface area (Å²) in [5.74, 6) is 0.740. The zero-order valence-electron chi connectivity index (χ0n) is 7.15. The molecule has 0 fully saturated rings. The second-order valence-corrected chi connectivity index (χ2v) is 3.39. The first kappa shape index (κ1) is 7.80. The minimum absolute atomic E-state index is 0.589. The van der Waals surface area contributed by atoms with Crippen LogP contribution in [0.1, 0.15) is 27.2 Å². The summed E-state index contributed by atoms with van der Waals surface area (Å²) < 4.78 is 0. The van der Waals surface area contributed by atoms with Crippen molar-refractivity contribution in [3.8, 4) is 0 Å². The van der Waals surface area contributed by atoms with Crippen LogP contribution in [0.2, 0.25) is 0 Å². The fraction of sp³-hybridized carbons (Fsp3) is 0.778. The van der Waals surface area contributed by atoms with Crippen LogP contribution in [0.3, 0.4) is 0 Å². The highest BCUT2D eigenvalue weighted by Gasteiger charge is 2.10.